The predicted molar refractivity (Wildman–Crippen MR) is 89.8 cm³/mol. The van der Waals surface area contributed by atoms with E-state index in [2.05, 4.69) is 34.0 Å². The summed E-state index contributed by atoms with van der Waals surface area (Å²) in [6, 6.07) is 16.0. The molecule has 0 saturated carbocycles. The molecule has 0 unspecified atom stereocenters. The number of nitrogens with zero attached hydrogens (tertiary/aromatic N) is 2. The summed E-state index contributed by atoms with van der Waals surface area (Å²) in [5.74, 6) is 0. The quantitative estimate of drug-likeness (QED) is 0.787. The maximum atomic E-state index is 11.7. The van der Waals surface area contributed by atoms with Gasteiger partial charge in [0.1, 0.15) is 0 Å². The number of benzene rings is 1. The second-order valence-electron chi connectivity index (χ2n) is 5.19. The van der Waals surface area contributed by atoms with Gasteiger partial charge in [0, 0.05) is 24.2 Å². The van der Waals surface area contributed by atoms with Crippen molar-refractivity contribution in [3.05, 3.63) is 74.8 Å². The fraction of sp³-hybridized carbons (Fsp3) is 0.176. The first-order valence-electron chi connectivity index (χ1n) is 7.08. The largest absolute Gasteiger partial charge is 0.311 e. The van der Waals surface area contributed by atoms with Crippen LogP contribution in [-0.2, 0) is 13.1 Å². The van der Waals surface area contributed by atoms with Crippen molar-refractivity contribution < 1.29 is 0 Å². The molecule has 0 radical (unpaired) electrons. The van der Waals surface area contributed by atoms with E-state index in [1.54, 1.807) is 6.20 Å². The predicted octanol–water partition coefficient (Wildman–Crippen LogP) is 3.13. The van der Waals surface area contributed by atoms with E-state index >= 15 is 0 Å². The molecule has 1 aromatic carbocycles. The summed E-state index contributed by atoms with van der Waals surface area (Å²) in [5, 5.41) is 0. The molecule has 1 N–H and O–H groups in total. The minimum atomic E-state index is -0.0382. The van der Waals surface area contributed by atoms with Crippen molar-refractivity contribution in [3.8, 4) is 11.4 Å². The van der Waals surface area contributed by atoms with Gasteiger partial charge in [-0.05, 0) is 24.7 Å². The number of pyridine rings is 1. The van der Waals surface area contributed by atoms with Crippen LogP contribution < -0.4 is 4.87 Å². The number of hydrogen-bond acceptors (Lipinski definition) is 4. The van der Waals surface area contributed by atoms with Crippen molar-refractivity contribution in [3.63, 3.8) is 0 Å². The first-order valence-corrected chi connectivity index (χ1v) is 7.90. The molecule has 0 fully saturated rings. The summed E-state index contributed by atoms with van der Waals surface area (Å²) < 4.78 is 0. The van der Waals surface area contributed by atoms with Crippen molar-refractivity contribution in [2.75, 3.05) is 7.05 Å². The molecule has 0 aliphatic rings. The summed E-state index contributed by atoms with van der Waals surface area (Å²) in [5.41, 5.74) is 2.90. The van der Waals surface area contributed by atoms with Crippen LogP contribution in [0.15, 0.2) is 59.5 Å². The maximum Gasteiger partial charge on any atom is 0.305 e. The molecule has 4 nitrogen and oxygen atoms in total. The Labute approximate surface area is 133 Å². The fourth-order valence-corrected chi connectivity index (χ4v) is 3.30. The zero-order valence-corrected chi connectivity index (χ0v) is 13.1. The van der Waals surface area contributed by atoms with Crippen LogP contribution in [-0.4, -0.2) is 21.9 Å². The summed E-state index contributed by atoms with van der Waals surface area (Å²) >= 11 is 1.26. The van der Waals surface area contributed by atoms with Gasteiger partial charge in [-0.2, -0.15) is 0 Å². The smallest absolute Gasteiger partial charge is 0.305 e. The van der Waals surface area contributed by atoms with Gasteiger partial charge in [0.05, 0.1) is 11.4 Å². The van der Waals surface area contributed by atoms with Crippen molar-refractivity contribution >= 4 is 11.3 Å². The van der Waals surface area contributed by atoms with Gasteiger partial charge in [0.25, 0.3) is 0 Å². The van der Waals surface area contributed by atoms with E-state index in [4.69, 9.17) is 0 Å². The Morgan fingerprint density at radius 1 is 1.09 bits per heavy atom. The van der Waals surface area contributed by atoms with E-state index in [0.29, 0.717) is 6.54 Å². The van der Waals surface area contributed by atoms with Crippen LogP contribution in [0.5, 0.6) is 0 Å². The number of thiazole rings is 1. The second-order valence-corrected chi connectivity index (χ2v) is 6.25. The Morgan fingerprint density at radius 3 is 2.59 bits per heavy atom. The molecular weight excluding hydrogens is 294 g/mol. The third-order valence-electron chi connectivity index (χ3n) is 3.35. The lowest BCUT2D eigenvalue weighted by atomic mass is 10.2. The summed E-state index contributed by atoms with van der Waals surface area (Å²) in [6.45, 7) is 1.55. The molecule has 3 aromatic rings. The summed E-state index contributed by atoms with van der Waals surface area (Å²) in [4.78, 5) is 22.2. The van der Waals surface area contributed by atoms with Crippen LogP contribution in [0.1, 0.15) is 10.4 Å². The molecule has 0 spiro atoms. The Kier molecular flexibility index (Phi) is 4.46. The van der Waals surface area contributed by atoms with Crippen LogP contribution in [0.25, 0.3) is 11.4 Å². The van der Waals surface area contributed by atoms with E-state index in [1.807, 2.05) is 36.4 Å². The number of nitrogens with one attached hydrogen (secondary N) is 1. The zero-order chi connectivity index (χ0) is 15.4. The highest BCUT2D eigenvalue weighted by molar-refractivity contribution is 7.09. The molecule has 22 heavy (non-hydrogen) atoms. The molecule has 3 rings (SSSR count). The van der Waals surface area contributed by atoms with E-state index in [0.717, 1.165) is 22.8 Å². The fourth-order valence-electron chi connectivity index (χ4n) is 2.39. The van der Waals surface area contributed by atoms with Crippen LogP contribution in [0.3, 0.4) is 0 Å². The lowest BCUT2D eigenvalue weighted by Crippen LogP contribution is -2.17. The van der Waals surface area contributed by atoms with Crippen LogP contribution in [0, 0.1) is 0 Å². The lowest BCUT2D eigenvalue weighted by molar-refractivity contribution is 0.322. The second kappa shape index (κ2) is 6.68. The van der Waals surface area contributed by atoms with E-state index < -0.39 is 0 Å². The molecule has 0 aliphatic heterocycles. The number of H-pyrrole nitrogens is 1. The van der Waals surface area contributed by atoms with Gasteiger partial charge in [-0.25, -0.2) is 0 Å². The van der Waals surface area contributed by atoms with Crippen LogP contribution in [0.2, 0.25) is 0 Å². The Balaban J connectivity index is 1.79. The summed E-state index contributed by atoms with van der Waals surface area (Å²) in [6.07, 6.45) is 1.74. The van der Waals surface area contributed by atoms with Gasteiger partial charge in [0.2, 0.25) is 0 Å². The molecular formula is C17H17N3OS. The molecule has 0 bridgehead atoms. The SMILES string of the molecule is CN(Cc1ccccc1)Cc1sc(=O)[nH]c1-c1ccccn1. The van der Waals surface area contributed by atoms with E-state index in [-0.39, 0.29) is 4.87 Å². The normalized spacial score (nSPS) is 11.0. The third-order valence-corrected chi connectivity index (χ3v) is 4.22. The van der Waals surface area contributed by atoms with Crippen LogP contribution in [0.4, 0.5) is 0 Å². The number of aromatic amines is 1. The van der Waals surface area contributed by atoms with Gasteiger partial charge in [-0.15, -0.1) is 0 Å². The van der Waals surface area contributed by atoms with Crippen molar-refractivity contribution in [2.45, 2.75) is 13.1 Å². The monoisotopic (exact) mass is 311 g/mol. The highest BCUT2D eigenvalue weighted by Gasteiger charge is 2.13. The number of rotatable bonds is 5. The molecule has 0 amide bonds. The highest BCUT2D eigenvalue weighted by atomic mass is 32.1. The highest BCUT2D eigenvalue weighted by Crippen LogP contribution is 2.22. The maximum absolute atomic E-state index is 11.7. The molecule has 0 aliphatic carbocycles. The topological polar surface area (TPSA) is 49.0 Å². The lowest BCUT2D eigenvalue weighted by Gasteiger charge is -2.16. The van der Waals surface area contributed by atoms with Gasteiger partial charge in [0.15, 0.2) is 0 Å². The molecule has 0 atom stereocenters. The average Bonchev–Trinajstić information content (AvgIpc) is 2.89. The molecule has 5 heteroatoms. The van der Waals surface area contributed by atoms with Gasteiger partial charge >= 0.3 is 4.87 Å². The number of hydrogen-bond donors (Lipinski definition) is 1. The zero-order valence-electron chi connectivity index (χ0n) is 12.3. The van der Waals surface area contributed by atoms with Crippen molar-refractivity contribution in [1.82, 2.24) is 14.9 Å². The first kappa shape index (κ1) is 14.7. The van der Waals surface area contributed by atoms with Crippen molar-refractivity contribution in [1.29, 1.82) is 0 Å². The number of aromatic nitrogens is 2. The minimum absolute atomic E-state index is 0.0382. The Bertz CT molecular complexity index is 780. The van der Waals surface area contributed by atoms with Crippen LogP contribution >= 0.6 is 11.3 Å². The Hall–Kier alpha value is -2.24. The standard InChI is InChI=1S/C17H17N3OS/c1-20(11-13-7-3-2-4-8-13)12-15-16(19-17(21)22-15)14-9-5-6-10-18-14/h2-10H,11-12H2,1H3,(H,19,21). The van der Waals surface area contributed by atoms with Gasteiger partial charge < -0.3 is 4.98 Å². The molecule has 2 heterocycles. The molecule has 0 saturated heterocycles. The molecule has 112 valence electrons. The minimum Gasteiger partial charge on any atom is -0.311 e. The summed E-state index contributed by atoms with van der Waals surface area (Å²) in [7, 11) is 2.05. The Morgan fingerprint density at radius 2 is 1.86 bits per heavy atom. The third kappa shape index (κ3) is 3.50. The van der Waals surface area contributed by atoms with E-state index in [9.17, 15) is 4.79 Å². The average molecular weight is 311 g/mol. The molecule has 2 aromatic heterocycles. The first-order chi connectivity index (χ1) is 10.7. The van der Waals surface area contributed by atoms with Gasteiger partial charge in [-0.1, -0.05) is 47.7 Å². The van der Waals surface area contributed by atoms with Crippen molar-refractivity contribution in [2.24, 2.45) is 0 Å². The van der Waals surface area contributed by atoms with E-state index in [1.165, 1.54) is 16.9 Å². The van der Waals surface area contributed by atoms with Gasteiger partial charge in [-0.3, -0.25) is 14.7 Å².